The first kappa shape index (κ1) is 13.2. The van der Waals surface area contributed by atoms with Gasteiger partial charge in [0.1, 0.15) is 0 Å². The monoisotopic (exact) mass is 302 g/mol. The van der Waals surface area contributed by atoms with E-state index in [0.717, 1.165) is 6.54 Å². The van der Waals surface area contributed by atoms with Crippen molar-refractivity contribution >= 4 is 16.6 Å². The third kappa shape index (κ3) is 1.64. The predicted octanol–water partition coefficient (Wildman–Crippen LogP) is 5.02. The third-order valence-corrected chi connectivity index (χ3v) is 6.05. The summed E-state index contributed by atoms with van der Waals surface area (Å²) in [7, 11) is 0. The first-order valence-corrected chi connectivity index (χ1v) is 8.51. The lowest BCUT2D eigenvalue weighted by Crippen LogP contribution is -2.39. The van der Waals surface area contributed by atoms with Crippen LogP contribution >= 0.6 is 0 Å². The Labute approximate surface area is 137 Å². The van der Waals surface area contributed by atoms with Gasteiger partial charge in [-0.05, 0) is 41.5 Å². The van der Waals surface area contributed by atoms with Gasteiger partial charge in [0, 0.05) is 29.4 Å². The zero-order valence-corrected chi connectivity index (χ0v) is 13.9. The molecule has 2 aliphatic heterocycles. The van der Waals surface area contributed by atoms with Crippen LogP contribution in [0.1, 0.15) is 36.7 Å². The van der Waals surface area contributed by atoms with Gasteiger partial charge in [-0.25, -0.2) is 0 Å². The molecule has 0 amide bonds. The van der Waals surface area contributed by atoms with Crippen molar-refractivity contribution in [2.24, 2.45) is 5.92 Å². The van der Waals surface area contributed by atoms with E-state index in [-0.39, 0.29) is 5.41 Å². The van der Waals surface area contributed by atoms with Gasteiger partial charge in [-0.2, -0.15) is 0 Å². The molecule has 0 radical (unpaired) electrons. The summed E-state index contributed by atoms with van der Waals surface area (Å²) in [5, 5.41) is 5.19. The van der Waals surface area contributed by atoms with E-state index in [1.54, 1.807) is 0 Å². The number of rotatable bonds is 0. The number of nitrogens with one attached hydrogen (secondary N) is 1. The average Bonchev–Trinajstić information content (AvgIpc) is 3.06. The molecule has 3 aromatic rings. The molecule has 2 atom stereocenters. The zero-order valence-electron chi connectivity index (χ0n) is 13.9. The van der Waals surface area contributed by atoms with E-state index in [0.29, 0.717) is 12.0 Å². The van der Waals surface area contributed by atoms with Crippen molar-refractivity contribution in [2.75, 3.05) is 5.32 Å². The Hall–Kier alpha value is -2.22. The second-order valence-corrected chi connectivity index (χ2v) is 7.74. The molecule has 1 N–H and O–H groups in total. The number of hydrogen-bond acceptors (Lipinski definition) is 1. The molecule has 2 aromatic carbocycles. The largest absolute Gasteiger partial charge is 0.376 e. The first-order valence-electron chi connectivity index (χ1n) is 8.51. The van der Waals surface area contributed by atoms with Crippen LogP contribution in [0.2, 0.25) is 0 Å². The molecule has 2 nitrogen and oxygen atoms in total. The highest BCUT2D eigenvalue weighted by Crippen LogP contribution is 2.53. The number of aromatic nitrogens is 1. The summed E-state index contributed by atoms with van der Waals surface area (Å²) in [5.74, 6) is 0.594. The van der Waals surface area contributed by atoms with Crippen molar-refractivity contribution in [3.8, 4) is 0 Å². The fourth-order valence-electron chi connectivity index (χ4n) is 4.71. The second-order valence-electron chi connectivity index (χ2n) is 7.74. The van der Waals surface area contributed by atoms with Gasteiger partial charge in [-0.3, -0.25) is 0 Å². The van der Waals surface area contributed by atoms with Gasteiger partial charge in [0.05, 0.1) is 6.04 Å². The van der Waals surface area contributed by atoms with E-state index in [2.05, 4.69) is 79.2 Å². The van der Waals surface area contributed by atoms with Gasteiger partial charge >= 0.3 is 0 Å². The van der Waals surface area contributed by atoms with Crippen molar-refractivity contribution in [3.05, 3.63) is 65.4 Å². The minimum atomic E-state index is 0.178. The second kappa shape index (κ2) is 4.19. The van der Waals surface area contributed by atoms with E-state index in [1.807, 2.05) is 0 Å². The Balaban J connectivity index is 1.71. The molecular formula is C21H22N2. The molecule has 0 saturated carbocycles. The number of hydrogen-bond donors (Lipinski definition) is 1. The number of fused-ring (bicyclic) bond motifs is 6. The Bertz CT molecular complexity index is 932. The Morgan fingerprint density at radius 3 is 2.78 bits per heavy atom. The molecule has 2 heteroatoms. The topological polar surface area (TPSA) is 17.0 Å². The summed E-state index contributed by atoms with van der Waals surface area (Å²) in [4.78, 5) is 0. The molecule has 0 fully saturated rings. The summed E-state index contributed by atoms with van der Waals surface area (Å²) in [6, 6.07) is 18.4. The van der Waals surface area contributed by atoms with Gasteiger partial charge in [0.25, 0.3) is 0 Å². The summed E-state index contributed by atoms with van der Waals surface area (Å²) < 4.78 is 2.53. The normalized spacial score (nSPS) is 24.0. The summed E-state index contributed by atoms with van der Waals surface area (Å²) >= 11 is 0. The number of anilines is 1. The fraction of sp³-hybridized carbons (Fsp3) is 0.333. The lowest BCUT2D eigenvalue weighted by atomic mass is 9.67. The van der Waals surface area contributed by atoms with Crippen LogP contribution in [0.4, 0.5) is 5.69 Å². The molecule has 2 aliphatic rings. The molecule has 0 unspecified atom stereocenters. The maximum absolute atomic E-state index is 3.84. The first-order chi connectivity index (χ1) is 11.1. The zero-order chi connectivity index (χ0) is 15.8. The highest BCUT2D eigenvalue weighted by molar-refractivity contribution is 5.82. The number of aryl methyl sites for hydroxylation is 1. The summed E-state index contributed by atoms with van der Waals surface area (Å²) in [6.45, 7) is 8.12. The average molecular weight is 302 g/mol. The van der Waals surface area contributed by atoms with Crippen LogP contribution in [-0.2, 0) is 12.0 Å². The van der Waals surface area contributed by atoms with Crippen molar-refractivity contribution in [1.29, 1.82) is 0 Å². The molecule has 0 saturated heterocycles. The van der Waals surface area contributed by atoms with Crippen LogP contribution in [0.15, 0.2) is 48.5 Å². The number of nitrogens with zero attached hydrogens (tertiary/aromatic N) is 1. The van der Waals surface area contributed by atoms with E-state index in [1.165, 1.54) is 33.4 Å². The van der Waals surface area contributed by atoms with Crippen LogP contribution in [0.25, 0.3) is 10.9 Å². The minimum absolute atomic E-state index is 0.178. The summed E-state index contributed by atoms with van der Waals surface area (Å²) in [5.41, 5.74) is 7.11. The van der Waals surface area contributed by atoms with Crippen LogP contribution in [0, 0.1) is 12.8 Å². The van der Waals surface area contributed by atoms with E-state index >= 15 is 0 Å². The highest BCUT2D eigenvalue weighted by Gasteiger charge is 2.47. The van der Waals surface area contributed by atoms with Crippen molar-refractivity contribution in [2.45, 2.75) is 38.8 Å². The maximum Gasteiger partial charge on any atom is 0.0719 e. The van der Waals surface area contributed by atoms with Gasteiger partial charge in [-0.1, -0.05) is 49.7 Å². The van der Waals surface area contributed by atoms with E-state index in [9.17, 15) is 0 Å². The van der Waals surface area contributed by atoms with Gasteiger partial charge in [-0.15, -0.1) is 0 Å². The SMILES string of the molecule is Cc1ccc2c(c1)C(C)(C)[C@@H]1Cn3c(cc4ccccc43)[C@H]1N2. The molecule has 0 spiro atoms. The van der Waals surface area contributed by atoms with Crippen molar-refractivity contribution < 1.29 is 0 Å². The Morgan fingerprint density at radius 2 is 1.91 bits per heavy atom. The smallest absolute Gasteiger partial charge is 0.0719 e. The Kier molecular flexibility index (Phi) is 2.41. The molecule has 3 heterocycles. The van der Waals surface area contributed by atoms with E-state index in [4.69, 9.17) is 0 Å². The summed E-state index contributed by atoms with van der Waals surface area (Å²) in [6.07, 6.45) is 0. The maximum atomic E-state index is 3.84. The molecule has 1 aromatic heterocycles. The molecule has 0 bridgehead atoms. The fourth-order valence-corrected chi connectivity index (χ4v) is 4.71. The van der Waals surface area contributed by atoms with Gasteiger partial charge < -0.3 is 9.88 Å². The predicted molar refractivity (Wildman–Crippen MR) is 96.0 cm³/mol. The molecule has 23 heavy (non-hydrogen) atoms. The molecular weight excluding hydrogens is 280 g/mol. The molecule has 5 rings (SSSR count). The van der Waals surface area contributed by atoms with Crippen molar-refractivity contribution in [3.63, 3.8) is 0 Å². The van der Waals surface area contributed by atoms with Crippen LogP contribution in [0.5, 0.6) is 0 Å². The minimum Gasteiger partial charge on any atom is -0.376 e. The van der Waals surface area contributed by atoms with Gasteiger partial charge in [0.2, 0.25) is 0 Å². The van der Waals surface area contributed by atoms with Crippen LogP contribution < -0.4 is 5.32 Å². The Morgan fingerprint density at radius 1 is 1.09 bits per heavy atom. The standard InChI is InChI=1S/C21H22N2/c1-13-8-9-17-15(10-13)21(2,3)16-12-23-18-7-5-4-6-14(18)11-19(23)20(16)22-17/h4-11,16,20,22H,12H2,1-3H3/t16-,20+/m1/s1. The molecule has 0 aliphatic carbocycles. The van der Waals surface area contributed by atoms with Crippen LogP contribution in [0.3, 0.4) is 0 Å². The van der Waals surface area contributed by atoms with Crippen LogP contribution in [-0.4, -0.2) is 4.57 Å². The highest BCUT2D eigenvalue weighted by atomic mass is 15.1. The van der Waals surface area contributed by atoms with Crippen molar-refractivity contribution in [1.82, 2.24) is 4.57 Å². The quantitative estimate of drug-likeness (QED) is 0.616. The lowest BCUT2D eigenvalue weighted by Gasteiger charge is -2.43. The third-order valence-electron chi connectivity index (χ3n) is 6.05. The van der Waals surface area contributed by atoms with E-state index < -0.39 is 0 Å². The molecule has 116 valence electrons. The number of para-hydroxylation sites is 1. The number of benzene rings is 2. The van der Waals surface area contributed by atoms with Gasteiger partial charge in [0.15, 0.2) is 0 Å². The lowest BCUT2D eigenvalue weighted by molar-refractivity contribution is 0.274.